The minimum absolute atomic E-state index is 0.176. The third-order valence-corrected chi connectivity index (χ3v) is 7.09. The van der Waals surface area contributed by atoms with Crippen molar-refractivity contribution in [2.75, 3.05) is 39.3 Å². The zero-order valence-corrected chi connectivity index (χ0v) is 22.0. The minimum Gasteiger partial charge on any atom is -0.484 e. The highest BCUT2D eigenvalue weighted by molar-refractivity contribution is 5.84. The molecule has 0 unspecified atom stereocenters. The Balaban J connectivity index is 1.03. The average Bonchev–Trinajstić information content (AvgIpc) is 2.99. The van der Waals surface area contributed by atoms with Gasteiger partial charge in [0.25, 0.3) is 5.91 Å². The van der Waals surface area contributed by atoms with E-state index in [9.17, 15) is 9.59 Å². The van der Waals surface area contributed by atoms with Crippen LogP contribution in [0, 0.1) is 0 Å². The Morgan fingerprint density at radius 2 is 1.28 bits per heavy atom. The molecule has 0 radical (unpaired) electrons. The summed E-state index contributed by atoms with van der Waals surface area (Å²) in [5.74, 6) is -0.0167. The van der Waals surface area contributed by atoms with E-state index in [1.54, 1.807) is 0 Å². The van der Waals surface area contributed by atoms with Crippen LogP contribution in [0.15, 0.2) is 103 Å². The van der Waals surface area contributed by atoms with Crippen LogP contribution in [0.2, 0.25) is 0 Å². The fourth-order valence-corrected chi connectivity index (χ4v) is 5.03. The molecule has 2 N–H and O–H groups in total. The van der Waals surface area contributed by atoms with Crippen molar-refractivity contribution in [1.29, 1.82) is 0 Å². The van der Waals surface area contributed by atoms with Crippen LogP contribution in [0.5, 0.6) is 5.75 Å². The zero-order valence-electron chi connectivity index (χ0n) is 22.0. The number of nitrogens with zero attached hydrogens (tertiary/aromatic N) is 2. The third kappa shape index (κ3) is 7.22. The van der Waals surface area contributed by atoms with Crippen LogP contribution >= 0.6 is 0 Å². The third-order valence-electron chi connectivity index (χ3n) is 7.09. The van der Waals surface area contributed by atoms with Gasteiger partial charge in [0.05, 0.1) is 6.04 Å². The highest BCUT2D eigenvalue weighted by Crippen LogP contribution is 2.29. The Bertz CT molecular complexity index is 1330. The fraction of sp³-hybridized carbons (Fsp3) is 0.250. The van der Waals surface area contributed by atoms with Gasteiger partial charge in [0.1, 0.15) is 5.75 Å². The number of amides is 2. The summed E-state index contributed by atoms with van der Waals surface area (Å²) in [7, 11) is 0. The number of hydrogen-bond acceptors (Lipinski definition) is 5. The summed E-state index contributed by atoms with van der Waals surface area (Å²) >= 11 is 0. The van der Waals surface area contributed by atoms with Gasteiger partial charge in [-0.25, -0.2) is 0 Å². The standard InChI is InChI=1S/C32H34N4O3/c37-30(33-34-31(38)24-39-29-16-15-25-9-7-8-14-28(25)23-29)17-18-35-19-21-36(22-20-35)32(26-10-3-1-4-11-26)27-12-5-2-6-13-27/h1-16,23,32H,17-22,24H2,(H,33,37)(H,34,38). The predicted molar refractivity (Wildman–Crippen MR) is 153 cm³/mol. The summed E-state index contributed by atoms with van der Waals surface area (Å²) in [6.07, 6.45) is 0.312. The number of nitrogens with one attached hydrogen (secondary N) is 2. The van der Waals surface area contributed by atoms with E-state index in [2.05, 4.69) is 81.3 Å². The van der Waals surface area contributed by atoms with Crippen molar-refractivity contribution in [3.05, 3.63) is 114 Å². The first-order chi connectivity index (χ1) is 19.2. The molecule has 7 heteroatoms. The quantitative estimate of drug-likeness (QED) is 0.323. The zero-order chi connectivity index (χ0) is 26.9. The van der Waals surface area contributed by atoms with Gasteiger partial charge in [0, 0.05) is 39.1 Å². The minimum atomic E-state index is -0.405. The summed E-state index contributed by atoms with van der Waals surface area (Å²) in [5.41, 5.74) is 7.53. The molecule has 1 aliphatic heterocycles. The molecule has 4 aromatic carbocycles. The van der Waals surface area contributed by atoms with Crippen molar-refractivity contribution in [3.63, 3.8) is 0 Å². The smallest absolute Gasteiger partial charge is 0.276 e. The number of benzene rings is 4. The maximum atomic E-state index is 12.3. The number of ether oxygens (including phenoxy) is 1. The molecule has 1 aliphatic rings. The SMILES string of the molecule is O=C(CCN1CCN(C(c2ccccc2)c2ccccc2)CC1)NNC(=O)COc1ccc2ccccc2c1. The molecule has 0 atom stereocenters. The van der Waals surface area contributed by atoms with Crippen LogP contribution in [0.25, 0.3) is 10.8 Å². The molecule has 1 saturated heterocycles. The normalized spacial score (nSPS) is 14.3. The second-order valence-corrected chi connectivity index (χ2v) is 9.75. The van der Waals surface area contributed by atoms with Crippen LogP contribution in [0.1, 0.15) is 23.6 Å². The number of rotatable bonds is 9. The highest BCUT2D eigenvalue weighted by atomic mass is 16.5. The molecule has 0 spiro atoms. The molecule has 5 rings (SSSR count). The van der Waals surface area contributed by atoms with E-state index in [-0.39, 0.29) is 18.6 Å². The summed E-state index contributed by atoms with van der Waals surface area (Å²) in [6.45, 7) is 4.07. The van der Waals surface area contributed by atoms with Crippen molar-refractivity contribution in [2.45, 2.75) is 12.5 Å². The van der Waals surface area contributed by atoms with Crippen molar-refractivity contribution in [2.24, 2.45) is 0 Å². The van der Waals surface area contributed by atoms with Gasteiger partial charge < -0.3 is 9.64 Å². The molecule has 1 heterocycles. The lowest BCUT2D eigenvalue weighted by Crippen LogP contribution is -2.49. The molecule has 200 valence electrons. The lowest BCUT2D eigenvalue weighted by Gasteiger charge is -2.39. The molecule has 39 heavy (non-hydrogen) atoms. The van der Waals surface area contributed by atoms with Gasteiger partial charge in [-0.3, -0.25) is 25.3 Å². The molecule has 4 aromatic rings. The Labute approximate surface area is 229 Å². The molecule has 0 saturated carbocycles. The number of hydrogen-bond donors (Lipinski definition) is 2. The number of hydrazine groups is 1. The van der Waals surface area contributed by atoms with Gasteiger partial charge in [-0.15, -0.1) is 0 Å². The molecule has 0 bridgehead atoms. The van der Waals surface area contributed by atoms with E-state index in [4.69, 9.17) is 4.74 Å². The van der Waals surface area contributed by atoms with Crippen LogP contribution in [0.3, 0.4) is 0 Å². The van der Waals surface area contributed by atoms with Crippen LogP contribution in [0.4, 0.5) is 0 Å². The molecule has 2 amide bonds. The van der Waals surface area contributed by atoms with Crippen LogP contribution in [-0.2, 0) is 9.59 Å². The van der Waals surface area contributed by atoms with Gasteiger partial charge in [-0.2, -0.15) is 0 Å². The predicted octanol–water partition coefficient (Wildman–Crippen LogP) is 4.16. The molecular weight excluding hydrogens is 488 g/mol. The first-order valence-electron chi connectivity index (χ1n) is 13.4. The Hall–Kier alpha value is -4.20. The number of fused-ring (bicyclic) bond motifs is 1. The first kappa shape index (κ1) is 26.4. The molecular formula is C32H34N4O3. The summed E-state index contributed by atoms with van der Waals surface area (Å²) in [5, 5.41) is 2.15. The Morgan fingerprint density at radius 3 is 1.95 bits per heavy atom. The first-order valence-corrected chi connectivity index (χ1v) is 13.4. The summed E-state index contributed by atoms with van der Waals surface area (Å²) < 4.78 is 5.58. The number of carbonyl (C=O) groups is 2. The molecule has 1 fully saturated rings. The van der Waals surface area contributed by atoms with E-state index in [1.807, 2.05) is 42.5 Å². The second kappa shape index (κ2) is 13.0. The Kier molecular flexibility index (Phi) is 8.83. The van der Waals surface area contributed by atoms with Gasteiger partial charge in [-0.1, -0.05) is 91.0 Å². The van der Waals surface area contributed by atoms with Crippen molar-refractivity contribution in [3.8, 4) is 5.75 Å². The number of piperazine rings is 1. The van der Waals surface area contributed by atoms with Crippen molar-refractivity contribution < 1.29 is 14.3 Å². The monoisotopic (exact) mass is 522 g/mol. The number of carbonyl (C=O) groups excluding carboxylic acids is 2. The van der Waals surface area contributed by atoms with E-state index < -0.39 is 5.91 Å². The molecule has 7 nitrogen and oxygen atoms in total. The molecule has 0 aliphatic carbocycles. The van der Waals surface area contributed by atoms with Gasteiger partial charge in [0.2, 0.25) is 5.91 Å². The average molecular weight is 523 g/mol. The van der Waals surface area contributed by atoms with E-state index >= 15 is 0 Å². The van der Waals surface area contributed by atoms with Crippen LogP contribution in [-0.4, -0.2) is 60.9 Å². The van der Waals surface area contributed by atoms with Gasteiger partial charge in [0.15, 0.2) is 6.61 Å². The lowest BCUT2D eigenvalue weighted by molar-refractivity contribution is -0.130. The largest absolute Gasteiger partial charge is 0.484 e. The van der Waals surface area contributed by atoms with Crippen molar-refractivity contribution >= 4 is 22.6 Å². The fourth-order valence-electron chi connectivity index (χ4n) is 5.03. The van der Waals surface area contributed by atoms with Crippen molar-refractivity contribution in [1.82, 2.24) is 20.7 Å². The maximum Gasteiger partial charge on any atom is 0.276 e. The lowest BCUT2D eigenvalue weighted by atomic mass is 9.96. The van der Waals surface area contributed by atoms with E-state index in [0.717, 1.165) is 37.0 Å². The van der Waals surface area contributed by atoms with Gasteiger partial charge in [-0.05, 0) is 34.0 Å². The maximum absolute atomic E-state index is 12.3. The summed E-state index contributed by atoms with van der Waals surface area (Å²) in [6, 6.07) is 35.1. The van der Waals surface area contributed by atoms with E-state index in [0.29, 0.717) is 18.7 Å². The van der Waals surface area contributed by atoms with E-state index in [1.165, 1.54) is 11.1 Å². The Morgan fingerprint density at radius 1 is 0.692 bits per heavy atom. The summed E-state index contributed by atoms with van der Waals surface area (Å²) in [4.78, 5) is 29.3. The van der Waals surface area contributed by atoms with Crippen LogP contribution < -0.4 is 15.6 Å². The topological polar surface area (TPSA) is 73.9 Å². The second-order valence-electron chi connectivity index (χ2n) is 9.75. The van der Waals surface area contributed by atoms with Gasteiger partial charge >= 0.3 is 0 Å². The molecule has 0 aromatic heterocycles. The highest BCUT2D eigenvalue weighted by Gasteiger charge is 2.26.